The number of carbonyl (C=O) groups excluding carboxylic acids is 2. The molecule has 0 aromatic rings. The molecule has 0 amide bonds. The molecule has 0 aliphatic heterocycles. The molecule has 2 atom stereocenters. The number of phosphoric acid groups is 1. The molecule has 0 aliphatic rings. The molecular weight excluding hydrogens is 541 g/mol. The lowest BCUT2D eigenvalue weighted by Gasteiger charge is -2.24. The Balaban J connectivity index is 4.58. The predicted molar refractivity (Wildman–Crippen MR) is 164 cm³/mol. The van der Waals surface area contributed by atoms with Gasteiger partial charge in [-0.2, -0.15) is 0 Å². The molecule has 0 spiro atoms. The molecule has 0 saturated carbocycles. The molecule has 226 valence electrons. The first-order valence-corrected chi connectivity index (χ1v) is 18.1. The number of phosphoric ester groups is 1. The number of carbonyl (C=O) groups is 2. The lowest BCUT2D eigenvalue weighted by atomic mass is 10.1. The van der Waals surface area contributed by atoms with E-state index in [1.807, 2.05) is 21.1 Å². The zero-order chi connectivity index (χ0) is 28.7. The van der Waals surface area contributed by atoms with Crippen molar-refractivity contribution >= 4 is 41.6 Å². The zero-order valence-electron chi connectivity index (χ0n) is 24.9. The van der Waals surface area contributed by atoms with Crippen molar-refractivity contribution in [1.29, 1.82) is 0 Å². The van der Waals surface area contributed by atoms with E-state index in [1.165, 1.54) is 63.1 Å². The first-order valence-electron chi connectivity index (χ1n) is 14.8. The van der Waals surface area contributed by atoms with E-state index in [9.17, 15) is 19.0 Å². The highest BCUT2D eigenvalue weighted by atomic mass is 32.2. The summed E-state index contributed by atoms with van der Waals surface area (Å²) in [6.45, 7) is 4.95. The Kier molecular flexibility index (Phi) is 23.8. The highest BCUT2D eigenvalue weighted by Crippen LogP contribution is 2.44. The smallest absolute Gasteiger partial charge is 0.329 e. The quantitative estimate of drug-likeness (QED) is 0.0609. The summed E-state index contributed by atoms with van der Waals surface area (Å²) in [6.07, 6.45) is 17.1. The van der Waals surface area contributed by atoms with E-state index in [2.05, 4.69) is 13.8 Å². The lowest BCUT2D eigenvalue weighted by molar-refractivity contribution is -0.870. The average Bonchev–Trinajstić information content (AvgIpc) is 2.83. The minimum atomic E-state index is -4.23. The summed E-state index contributed by atoms with van der Waals surface area (Å²) < 4.78 is 23.3. The van der Waals surface area contributed by atoms with Crippen molar-refractivity contribution in [3.8, 4) is 0 Å². The summed E-state index contributed by atoms with van der Waals surface area (Å²) in [5.41, 5.74) is 0. The SMILES string of the molecule is CCCCCCCCCC(=O)SC[C@@H](COP(=O)(O)OCC[N+](C)(C)C)SC(=O)CCCCCCCCC. The Hall–Kier alpha value is 0.110. The van der Waals surface area contributed by atoms with Crippen LogP contribution in [0, 0.1) is 0 Å². The van der Waals surface area contributed by atoms with Crippen LogP contribution in [0.4, 0.5) is 0 Å². The number of rotatable bonds is 26. The van der Waals surface area contributed by atoms with Crippen molar-refractivity contribution in [2.24, 2.45) is 0 Å². The molecule has 0 saturated heterocycles. The van der Waals surface area contributed by atoms with Crippen molar-refractivity contribution in [1.82, 2.24) is 0 Å². The molecule has 0 rings (SSSR count). The number of quaternary nitrogens is 1. The second-order valence-electron chi connectivity index (χ2n) is 11.1. The maximum Gasteiger partial charge on any atom is 0.472 e. The molecule has 10 heteroatoms. The Labute approximate surface area is 242 Å². The van der Waals surface area contributed by atoms with Crippen LogP contribution in [0.1, 0.15) is 117 Å². The van der Waals surface area contributed by atoms with Crippen LogP contribution >= 0.6 is 31.3 Å². The molecule has 1 unspecified atom stereocenters. The van der Waals surface area contributed by atoms with Crippen molar-refractivity contribution < 1.29 is 32.6 Å². The van der Waals surface area contributed by atoms with Crippen molar-refractivity contribution in [2.75, 3.05) is 46.7 Å². The van der Waals surface area contributed by atoms with Crippen LogP contribution in [0.25, 0.3) is 0 Å². The van der Waals surface area contributed by atoms with Crippen molar-refractivity contribution in [3.05, 3.63) is 0 Å². The molecular formula is C28H57NO6PS2+. The molecule has 0 fully saturated rings. The van der Waals surface area contributed by atoms with Crippen molar-refractivity contribution in [3.63, 3.8) is 0 Å². The number of likely N-dealkylation sites (N-methyl/N-ethyl adjacent to an activating group) is 1. The molecule has 0 aliphatic carbocycles. The lowest BCUT2D eigenvalue weighted by Crippen LogP contribution is -2.37. The summed E-state index contributed by atoms with van der Waals surface area (Å²) >= 11 is 2.34. The van der Waals surface area contributed by atoms with Gasteiger partial charge in [-0.1, -0.05) is 114 Å². The Morgan fingerprint density at radius 3 is 1.74 bits per heavy atom. The van der Waals surface area contributed by atoms with Gasteiger partial charge in [0.2, 0.25) is 0 Å². The van der Waals surface area contributed by atoms with Crippen LogP contribution < -0.4 is 0 Å². The summed E-state index contributed by atoms with van der Waals surface area (Å²) in [5, 5.41) is -0.224. The molecule has 0 aromatic heterocycles. The highest BCUT2D eigenvalue weighted by Gasteiger charge is 2.26. The summed E-state index contributed by atoms with van der Waals surface area (Å²) in [4.78, 5) is 35.1. The predicted octanol–water partition coefficient (Wildman–Crippen LogP) is 8.00. The van der Waals surface area contributed by atoms with E-state index in [1.54, 1.807) is 0 Å². The first-order chi connectivity index (χ1) is 18.0. The fourth-order valence-corrected chi connectivity index (χ4v) is 6.58. The van der Waals surface area contributed by atoms with Crippen LogP contribution in [0.5, 0.6) is 0 Å². The summed E-state index contributed by atoms with van der Waals surface area (Å²) in [6, 6.07) is 0. The number of hydrogen-bond donors (Lipinski definition) is 1. The second-order valence-corrected chi connectivity index (χ2v) is 15.0. The van der Waals surface area contributed by atoms with Gasteiger partial charge < -0.3 is 9.38 Å². The summed E-state index contributed by atoms with van der Waals surface area (Å²) in [5.74, 6) is 0.377. The third-order valence-electron chi connectivity index (χ3n) is 6.14. The topological polar surface area (TPSA) is 89.9 Å². The van der Waals surface area contributed by atoms with Gasteiger partial charge in [0.15, 0.2) is 10.2 Å². The molecule has 38 heavy (non-hydrogen) atoms. The minimum Gasteiger partial charge on any atom is -0.329 e. The number of nitrogens with zero attached hydrogens (tertiary/aromatic N) is 1. The van der Waals surface area contributed by atoms with E-state index < -0.39 is 7.82 Å². The van der Waals surface area contributed by atoms with Crippen LogP contribution in [-0.2, 0) is 23.2 Å². The Bertz CT molecular complexity index is 660. The van der Waals surface area contributed by atoms with E-state index in [4.69, 9.17) is 9.05 Å². The Morgan fingerprint density at radius 1 is 0.763 bits per heavy atom. The van der Waals surface area contributed by atoms with Gasteiger partial charge in [-0.3, -0.25) is 18.6 Å². The van der Waals surface area contributed by atoms with E-state index >= 15 is 0 Å². The van der Waals surface area contributed by atoms with Gasteiger partial charge in [0, 0.05) is 23.8 Å². The van der Waals surface area contributed by atoms with E-state index in [0.29, 0.717) is 29.6 Å². The van der Waals surface area contributed by atoms with Crippen LogP contribution in [0.15, 0.2) is 0 Å². The van der Waals surface area contributed by atoms with E-state index in [-0.39, 0.29) is 28.7 Å². The highest BCUT2D eigenvalue weighted by molar-refractivity contribution is 8.17. The Morgan fingerprint density at radius 2 is 1.24 bits per heavy atom. The number of thioether (sulfide) groups is 2. The van der Waals surface area contributed by atoms with Gasteiger partial charge in [-0.25, -0.2) is 4.57 Å². The van der Waals surface area contributed by atoms with Crippen molar-refractivity contribution in [2.45, 2.75) is 122 Å². The van der Waals surface area contributed by atoms with Gasteiger partial charge in [-0.15, -0.1) is 0 Å². The maximum absolute atomic E-state index is 12.6. The fraction of sp³-hybridized carbons (Fsp3) is 0.929. The minimum absolute atomic E-state index is 0.0472. The summed E-state index contributed by atoms with van der Waals surface area (Å²) in [7, 11) is 1.68. The van der Waals surface area contributed by atoms with Gasteiger partial charge >= 0.3 is 7.82 Å². The van der Waals surface area contributed by atoms with Crippen LogP contribution in [-0.4, -0.2) is 71.5 Å². The molecule has 0 aromatic carbocycles. The second kappa shape index (κ2) is 23.8. The fourth-order valence-electron chi connectivity index (χ4n) is 3.72. The molecule has 0 radical (unpaired) electrons. The zero-order valence-corrected chi connectivity index (χ0v) is 27.4. The monoisotopic (exact) mass is 598 g/mol. The van der Waals surface area contributed by atoms with Gasteiger partial charge in [0.05, 0.1) is 27.7 Å². The maximum atomic E-state index is 12.6. The molecule has 7 nitrogen and oxygen atoms in total. The number of hydrogen-bond acceptors (Lipinski definition) is 7. The van der Waals surface area contributed by atoms with Crippen LogP contribution in [0.3, 0.4) is 0 Å². The van der Waals surface area contributed by atoms with Gasteiger partial charge in [0.1, 0.15) is 13.2 Å². The third kappa shape index (κ3) is 26.3. The van der Waals surface area contributed by atoms with Crippen LogP contribution in [0.2, 0.25) is 0 Å². The normalized spacial score (nSPS) is 14.4. The van der Waals surface area contributed by atoms with Gasteiger partial charge in [-0.05, 0) is 12.8 Å². The average molecular weight is 599 g/mol. The largest absolute Gasteiger partial charge is 0.472 e. The number of unbranched alkanes of at least 4 members (excludes halogenated alkanes) is 12. The first kappa shape index (κ1) is 38.1. The third-order valence-corrected chi connectivity index (χ3v) is 9.53. The molecule has 1 N–H and O–H groups in total. The van der Waals surface area contributed by atoms with E-state index in [0.717, 1.165) is 50.3 Å². The molecule has 0 heterocycles. The standard InChI is InChI=1S/C28H56NO6PS2/c1-6-8-10-12-14-16-18-20-27(30)37-25-26(24-35-36(32,33)34-23-22-29(3,4)5)38-28(31)21-19-17-15-13-11-9-7-2/h26H,6-25H2,1-5H3/p+1/t26-/m1/s1. The van der Waals surface area contributed by atoms with Gasteiger partial charge in [0.25, 0.3) is 0 Å². The molecule has 0 bridgehead atoms.